The van der Waals surface area contributed by atoms with Crippen molar-refractivity contribution < 1.29 is 9.53 Å². The minimum absolute atomic E-state index is 0.0659. The fraction of sp³-hybridized carbons (Fsp3) is 0.250. The van der Waals surface area contributed by atoms with E-state index in [1.54, 1.807) is 12.3 Å². The standard InChI is InChI=1S/C24H24N2O2/c27-18-19-11-13-25-22(15-19)16-26-14-12-23(17-26)28-24(20-7-3-1-4-8-20)21-9-5-2-6-10-21/h1-11,13,15,18,23-24H,12,14,16-17H2/t23-/m0/s1. The van der Waals surface area contributed by atoms with Crippen molar-refractivity contribution in [1.29, 1.82) is 0 Å². The molecule has 28 heavy (non-hydrogen) atoms. The van der Waals surface area contributed by atoms with Gasteiger partial charge in [-0.05, 0) is 29.7 Å². The van der Waals surface area contributed by atoms with Gasteiger partial charge in [0.05, 0.1) is 11.8 Å². The van der Waals surface area contributed by atoms with E-state index in [-0.39, 0.29) is 12.2 Å². The molecule has 1 atom stereocenters. The molecular weight excluding hydrogens is 348 g/mol. The first kappa shape index (κ1) is 18.5. The third-order valence-corrected chi connectivity index (χ3v) is 5.12. The summed E-state index contributed by atoms with van der Waals surface area (Å²) in [6.07, 6.45) is 3.65. The van der Waals surface area contributed by atoms with E-state index in [4.69, 9.17) is 4.74 Å². The summed E-state index contributed by atoms with van der Waals surface area (Å²) in [5.41, 5.74) is 3.94. The van der Waals surface area contributed by atoms with Crippen molar-refractivity contribution in [3.8, 4) is 0 Å². The molecule has 3 aromatic rings. The lowest BCUT2D eigenvalue weighted by Gasteiger charge is -2.23. The molecule has 0 spiro atoms. The number of hydrogen-bond acceptors (Lipinski definition) is 4. The molecule has 4 rings (SSSR count). The number of likely N-dealkylation sites (tertiary alicyclic amines) is 1. The van der Waals surface area contributed by atoms with Crippen LogP contribution in [0.1, 0.15) is 39.7 Å². The third kappa shape index (κ3) is 4.53. The Kier molecular flexibility index (Phi) is 5.90. The van der Waals surface area contributed by atoms with Crippen LogP contribution in [-0.4, -0.2) is 35.4 Å². The molecule has 0 radical (unpaired) electrons. The SMILES string of the molecule is O=Cc1ccnc(CN2CC[C@H](OC(c3ccccc3)c3ccccc3)C2)c1. The maximum absolute atomic E-state index is 11.0. The second-order valence-electron chi connectivity index (χ2n) is 7.18. The van der Waals surface area contributed by atoms with Crippen LogP contribution >= 0.6 is 0 Å². The number of hydrogen-bond donors (Lipinski definition) is 0. The topological polar surface area (TPSA) is 42.4 Å². The summed E-state index contributed by atoms with van der Waals surface area (Å²) in [5, 5.41) is 0. The second kappa shape index (κ2) is 8.91. The van der Waals surface area contributed by atoms with Crippen LogP contribution in [0, 0.1) is 0 Å². The Bertz CT molecular complexity index is 859. The fourth-order valence-electron chi connectivity index (χ4n) is 3.74. The largest absolute Gasteiger partial charge is 0.364 e. The van der Waals surface area contributed by atoms with Crippen molar-refractivity contribution in [2.45, 2.75) is 25.2 Å². The van der Waals surface area contributed by atoms with Crippen LogP contribution in [0.15, 0.2) is 79.0 Å². The van der Waals surface area contributed by atoms with Crippen molar-refractivity contribution >= 4 is 6.29 Å². The number of pyridine rings is 1. The van der Waals surface area contributed by atoms with E-state index in [1.165, 1.54) is 11.1 Å². The molecule has 0 aliphatic carbocycles. The van der Waals surface area contributed by atoms with Gasteiger partial charge in [0.2, 0.25) is 0 Å². The molecule has 4 heteroatoms. The van der Waals surface area contributed by atoms with Gasteiger partial charge in [0.25, 0.3) is 0 Å². The molecule has 142 valence electrons. The van der Waals surface area contributed by atoms with E-state index in [0.29, 0.717) is 5.56 Å². The number of aromatic nitrogens is 1. The molecule has 2 heterocycles. The van der Waals surface area contributed by atoms with Crippen LogP contribution in [0.5, 0.6) is 0 Å². The maximum atomic E-state index is 11.0. The van der Waals surface area contributed by atoms with E-state index < -0.39 is 0 Å². The van der Waals surface area contributed by atoms with Crippen LogP contribution in [0.25, 0.3) is 0 Å². The van der Waals surface area contributed by atoms with Gasteiger partial charge in [0.15, 0.2) is 0 Å². The molecular formula is C24H24N2O2. The first-order chi connectivity index (χ1) is 13.8. The van der Waals surface area contributed by atoms with Gasteiger partial charge in [-0.15, -0.1) is 0 Å². The number of ether oxygens (including phenoxy) is 1. The van der Waals surface area contributed by atoms with Crippen LogP contribution in [0.4, 0.5) is 0 Å². The molecule has 1 aliphatic heterocycles. The summed E-state index contributed by atoms with van der Waals surface area (Å²) < 4.78 is 6.58. The Hall–Kier alpha value is -2.82. The van der Waals surface area contributed by atoms with E-state index in [9.17, 15) is 4.79 Å². The Morgan fingerprint density at radius 1 is 1.04 bits per heavy atom. The van der Waals surface area contributed by atoms with Crippen molar-refractivity contribution in [1.82, 2.24) is 9.88 Å². The summed E-state index contributed by atoms with van der Waals surface area (Å²) >= 11 is 0. The van der Waals surface area contributed by atoms with Gasteiger partial charge < -0.3 is 4.74 Å². The van der Waals surface area contributed by atoms with E-state index in [0.717, 1.165) is 38.0 Å². The molecule has 0 bridgehead atoms. The molecule has 1 fully saturated rings. The van der Waals surface area contributed by atoms with Gasteiger partial charge in [-0.25, -0.2) is 0 Å². The average molecular weight is 372 g/mol. The quantitative estimate of drug-likeness (QED) is 0.581. The number of carbonyl (C=O) groups is 1. The number of benzene rings is 2. The van der Waals surface area contributed by atoms with Crippen molar-refractivity contribution in [2.75, 3.05) is 13.1 Å². The molecule has 4 nitrogen and oxygen atoms in total. The Balaban J connectivity index is 1.44. The predicted octanol–water partition coefficient (Wildman–Crippen LogP) is 4.27. The van der Waals surface area contributed by atoms with Crippen LogP contribution in [0.3, 0.4) is 0 Å². The zero-order valence-electron chi connectivity index (χ0n) is 15.8. The van der Waals surface area contributed by atoms with Gasteiger partial charge in [-0.3, -0.25) is 14.7 Å². The predicted molar refractivity (Wildman–Crippen MR) is 109 cm³/mol. The second-order valence-corrected chi connectivity index (χ2v) is 7.18. The molecule has 1 saturated heterocycles. The lowest BCUT2D eigenvalue weighted by molar-refractivity contribution is 0.0138. The minimum atomic E-state index is -0.0659. The first-order valence-corrected chi connectivity index (χ1v) is 9.69. The van der Waals surface area contributed by atoms with Gasteiger partial charge in [0.1, 0.15) is 12.4 Å². The zero-order valence-corrected chi connectivity index (χ0v) is 15.8. The summed E-state index contributed by atoms with van der Waals surface area (Å²) in [6.45, 7) is 2.57. The highest BCUT2D eigenvalue weighted by Gasteiger charge is 2.27. The molecule has 1 aliphatic rings. The van der Waals surface area contributed by atoms with E-state index in [2.05, 4.69) is 58.4 Å². The molecule has 1 aromatic heterocycles. The van der Waals surface area contributed by atoms with Crippen molar-refractivity contribution in [2.24, 2.45) is 0 Å². The zero-order chi connectivity index (χ0) is 19.2. The Morgan fingerprint density at radius 3 is 2.36 bits per heavy atom. The third-order valence-electron chi connectivity index (χ3n) is 5.12. The lowest BCUT2D eigenvalue weighted by Crippen LogP contribution is -2.25. The number of aldehydes is 1. The van der Waals surface area contributed by atoms with Gasteiger partial charge in [-0.1, -0.05) is 60.7 Å². The van der Waals surface area contributed by atoms with Gasteiger partial charge >= 0.3 is 0 Å². The van der Waals surface area contributed by atoms with Crippen LogP contribution < -0.4 is 0 Å². The minimum Gasteiger partial charge on any atom is -0.364 e. The molecule has 0 unspecified atom stereocenters. The van der Waals surface area contributed by atoms with Crippen LogP contribution in [0.2, 0.25) is 0 Å². The maximum Gasteiger partial charge on any atom is 0.150 e. The van der Waals surface area contributed by atoms with Gasteiger partial charge in [0, 0.05) is 31.4 Å². The highest BCUT2D eigenvalue weighted by atomic mass is 16.5. The monoisotopic (exact) mass is 372 g/mol. The first-order valence-electron chi connectivity index (χ1n) is 9.69. The highest BCUT2D eigenvalue weighted by molar-refractivity contribution is 5.74. The Morgan fingerprint density at radius 2 is 1.71 bits per heavy atom. The summed E-state index contributed by atoms with van der Waals surface area (Å²) in [4.78, 5) is 17.7. The number of rotatable bonds is 7. The number of carbonyl (C=O) groups excluding carboxylic acids is 1. The smallest absolute Gasteiger partial charge is 0.150 e. The molecule has 0 saturated carbocycles. The molecule has 0 N–H and O–H groups in total. The average Bonchev–Trinajstić information content (AvgIpc) is 3.20. The Labute approximate surface area is 165 Å². The number of nitrogens with zero attached hydrogens (tertiary/aromatic N) is 2. The van der Waals surface area contributed by atoms with E-state index >= 15 is 0 Å². The molecule has 2 aromatic carbocycles. The van der Waals surface area contributed by atoms with Crippen LogP contribution in [-0.2, 0) is 11.3 Å². The van der Waals surface area contributed by atoms with Crippen molar-refractivity contribution in [3.05, 3.63) is 101 Å². The summed E-state index contributed by atoms with van der Waals surface area (Å²) in [5.74, 6) is 0. The summed E-state index contributed by atoms with van der Waals surface area (Å²) in [7, 11) is 0. The fourth-order valence-corrected chi connectivity index (χ4v) is 3.74. The van der Waals surface area contributed by atoms with Gasteiger partial charge in [-0.2, -0.15) is 0 Å². The van der Waals surface area contributed by atoms with Crippen molar-refractivity contribution in [3.63, 3.8) is 0 Å². The van der Waals surface area contributed by atoms with E-state index in [1.807, 2.05) is 18.2 Å². The highest BCUT2D eigenvalue weighted by Crippen LogP contribution is 2.29. The molecule has 0 amide bonds. The normalized spacial score (nSPS) is 17.1. The summed E-state index contributed by atoms with van der Waals surface area (Å²) in [6, 6.07) is 24.4. The lowest BCUT2D eigenvalue weighted by atomic mass is 10.0.